The third-order valence-electron chi connectivity index (χ3n) is 5.20. The Kier molecular flexibility index (Phi) is 8.54. The van der Waals surface area contributed by atoms with Crippen molar-refractivity contribution in [2.24, 2.45) is 5.92 Å². The lowest BCUT2D eigenvalue weighted by Gasteiger charge is -2.27. The van der Waals surface area contributed by atoms with E-state index in [0.717, 1.165) is 0 Å². The lowest BCUT2D eigenvalue weighted by molar-refractivity contribution is -0.0821. The Morgan fingerprint density at radius 2 is 1.97 bits per heavy atom. The molecule has 2 aromatic heterocycles. The lowest BCUT2D eigenvalue weighted by atomic mass is 10.1. The highest BCUT2D eigenvalue weighted by molar-refractivity contribution is 7.89. The molecule has 37 heavy (non-hydrogen) atoms. The van der Waals surface area contributed by atoms with Crippen LogP contribution in [0.15, 0.2) is 53.6 Å². The summed E-state index contributed by atoms with van der Waals surface area (Å²) >= 11 is 0. The molecular weight excluding hydrogens is 503 g/mol. The van der Waals surface area contributed by atoms with Crippen molar-refractivity contribution in [3.63, 3.8) is 0 Å². The van der Waals surface area contributed by atoms with E-state index < -0.39 is 15.8 Å². The molecule has 0 saturated carbocycles. The zero-order valence-electron chi connectivity index (χ0n) is 20.5. The second-order valence-corrected chi connectivity index (χ2v) is 10.6. The first kappa shape index (κ1) is 26.7. The number of rotatable bonds is 12. The highest BCUT2D eigenvalue weighted by atomic mass is 32.2. The number of hydrogen-bond donors (Lipinski definition) is 2. The van der Waals surface area contributed by atoms with Crippen molar-refractivity contribution in [1.29, 1.82) is 0 Å². The van der Waals surface area contributed by atoms with Gasteiger partial charge in [-0.1, -0.05) is 19.9 Å². The van der Waals surface area contributed by atoms with Gasteiger partial charge < -0.3 is 24.7 Å². The molecule has 10 nitrogen and oxygen atoms in total. The van der Waals surface area contributed by atoms with Gasteiger partial charge in [0.2, 0.25) is 5.88 Å². The second kappa shape index (κ2) is 11.8. The molecule has 0 atom stereocenters. The van der Waals surface area contributed by atoms with E-state index >= 15 is 0 Å². The Balaban J connectivity index is 1.47. The van der Waals surface area contributed by atoms with E-state index in [1.807, 2.05) is 13.8 Å². The minimum atomic E-state index is -3.90. The molecule has 1 aliphatic heterocycles. The summed E-state index contributed by atoms with van der Waals surface area (Å²) in [4.78, 5) is 8.39. The molecule has 1 aromatic carbocycles. The van der Waals surface area contributed by atoms with E-state index in [0.29, 0.717) is 54.2 Å². The number of anilines is 1. The maximum absolute atomic E-state index is 14.3. The van der Waals surface area contributed by atoms with E-state index in [1.54, 1.807) is 18.2 Å². The number of nitrogen functional groups attached to an aromatic ring is 1. The van der Waals surface area contributed by atoms with Gasteiger partial charge in [-0.05, 0) is 42.3 Å². The van der Waals surface area contributed by atoms with Crippen molar-refractivity contribution in [2.45, 2.75) is 31.6 Å². The summed E-state index contributed by atoms with van der Waals surface area (Å²) in [7, 11) is -3.90. The highest BCUT2D eigenvalue weighted by Gasteiger charge is 2.23. The van der Waals surface area contributed by atoms with Crippen LogP contribution < -0.4 is 19.9 Å². The van der Waals surface area contributed by atoms with Crippen LogP contribution in [0.4, 0.5) is 10.2 Å². The van der Waals surface area contributed by atoms with Crippen molar-refractivity contribution in [1.82, 2.24) is 14.7 Å². The van der Waals surface area contributed by atoms with Gasteiger partial charge in [0.15, 0.2) is 5.03 Å². The Morgan fingerprint density at radius 1 is 1.16 bits per heavy atom. The summed E-state index contributed by atoms with van der Waals surface area (Å²) in [5, 5.41) is -0.206. The molecule has 0 aliphatic carbocycles. The first-order valence-electron chi connectivity index (χ1n) is 11.7. The maximum atomic E-state index is 14.3. The van der Waals surface area contributed by atoms with Crippen molar-refractivity contribution in [2.75, 3.05) is 32.3 Å². The Bertz CT molecular complexity index is 1330. The monoisotopic (exact) mass is 532 g/mol. The summed E-state index contributed by atoms with van der Waals surface area (Å²) in [6.07, 6.45) is -0.174. The van der Waals surface area contributed by atoms with Gasteiger partial charge in [0.1, 0.15) is 30.2 Å². The van der Waals surface area contributed by atoms with Crippen LogP contribution in [0.1, 0.15) is 19.4 Å². The number of aromatic nitrogens is 2. The van der Waals surface area contributed by atoms with E-state index in [1.165, 1.54) is 30.3 Å². The fourth-order valence-electron chi connectivity index (χ4n) is 3.27. The molecule has 12 heteroatoms. The van der Waals surface area contributed by atoms with Crippen LogP contribution in [-0.2, 0) is 26.1 Å². The zero-order valence-corrected chi connectivity index (χ0v) is 21.3. The van der Waals surface area contributed by atoms with E-state index in [2.05, 4.69) is 14.7 Å². The molecule has 3 heterocycles. The first-order valence-corrected chi connectivity index (χ1v) is 13.2. The van der Waals surface area contributed by atoms with Crippen LogP contribution in [0.5, 0.6) is 11.6 Å². The van der Waals surface area contributed by atoms with Crippen LogP contribution >= 0.6 is 0 Å². The normalized spacial score (nSPS) is 13.9. The summed E-state index contributed by atoms with van der Waals surface area (Å²) in [6, 6.07) is 12.2. The standard InChI is InChI=1S/C25H29FN4O6S/c1-16(2)11-35-20-9-18(8-19(26)10-20)22-7-6-17(25(29-22)36-21-13-33-14-21)12-34-15-28-37(31,32)24-5-3-4-23(27)30-24/h3-10,16,21,28H,11-15H2,1-2H3,(H2,27,30). The molecule has 0 spiro atoms. The first-order chi connectivity index (χ1) is 17.7. The fraction of sp³-hybridized carbons (Fsp3) is 0.360. The van der Waals surface area contributed by atoms with Gasteiger partial charge in [-0.2, -0.15) is 4.72 Å². The number of pyridine rings is 2. The second-order valence-electron chi connectivity index (χ2n) is 8.86. The van der Waals surface area contributed by atoms with Crippen LogP contribution in [-0.4, -0.2) is 51.0 Å². The minimum absolute atomic E-state index is 0.00890. The third kappa shape index (κ3) is 7.35. The number of ether oxygens (including phenoxy) is 4. The summed E-state index contributed by atoms with van der Waals surface area (Å²) in [6.45, 7) is 5.02. The van der Waals surface area contributed by atoms with Gasteiger partial charge in [0, 0.05) is 17.2 Å². The number of halogens is 1. The fourth-order valence-corrected chi connectivity index (χ4v) is 4.14. The van der Waals surface area contributed by atoms with Crippen molar-refractivity contribution in [3.8, 4) is 22.9 Å². The Labute approximate surface area is 215 Å². The molecule has 0 bridgehead atoms. The number of benzene rings is 1. The minimum Gasteiger partial charge on any atom is -0.493 e. The molecule has 0 amide bonds. The SMILES string of the molecule is CC(C)COc1cc(F)cc(-c2ccc(COCNS(=O)(=O)c3cccc(N)n3)c(OC3COC3)n2)c1. The molecule has 1 fully saturated rings. The molecule has 0 unspecified atom stereocenters. The molecule has 3 N–H and O–H groups in total. The van der Waals surface area contributed by atoms with Crippen molar-refractivity contribution in [3.05, 3.63) is 59.9 Å². The third-order valence-corrected chi connectivity index (χ3v) is 6.48. The summed E-state index contributed by atoms with van der Waals surface area (Å²) in [5.74, 6) is 0.645. The Hall–Kier alpha value is -3.32. The number of nitrogens with zero attached hydrogens (tertiary/aromatic N) is 2. The number of sulfonamides is 1. The average molecular weight is 533 g/mol. The molecular formula is C25H29FN4O6S. The van der Waals surface area contributed by atoms with Crippen molar-refractivity contribution < 1.29 is 31.8 Å². The molecule has 198 valence electrons. The zero-order chi connectivity index (χ0) is 26.4. The Morgan fingerprint density at radius 3 is 2.68 bits per heavy atom. The van der Waals surface area contributed by atoms with Gasteiger partial charge in [0.25, 0.3) is 10.0 Å². The molecule has 1 saturated heterocycles. The van der Waals surface area contributed by atoms with E-state index in [4.69, 9.17) is 24.7 Å². The molecule has 4 rings (SSSR count). The predicted octanol–water partition coefficient (Wildman–Crippen LogP) is 3.13. The van der Waals surface area contributed by atoms with E-state index in [9.17, 15) is 12.8 Å². The van der Waals surface area contributed by atoms with Crippen LogP contribution in [0.3, 0.4) is 0 Å². The number of nitrogens with one attached hydrogen (secondary N) is 1. The lowest BCUT2D eigenvalue weighted by Crippen LogP contribution is -2.39. The van der Waals surface area contributed by atoms with Gasteiger partial charge in [-0.3, -0.25) is 0 Å². The van der Waals surface area contributed by atoms with Gasteiger partial charge in [-0.25, -0.2) is 22.8 Å². The predicted molar refractivity (Wildman–Crippen MR) is 134 cm³/mol. The average Bonchev–Trinajstić information content (AvgIpc) is 2.83. The largest absolute Gasteiger partial charge is 0.493 e. The smallest absolute Gasteiger partial charge is 0.260 e. The van der Waals surface area contributed by atoms with Gasteiger partial charge in [-0.15, -0.1) is 0 Å². The van der Waals surface area contributed by atoms with Crippen molar-refractivity contribution >= 4 is 15.8 Å². The summed E-state index contributed by atoms with van der Waals surface area (Å²) < 4.78 is 63.8. The molecule has 0 radical (unpaired) electrons. The quantitative estimate of drug-likeness (QED) is 0.266. The van der Waals surface area contributed by atoms with Crippen LogP contribution in [0, 0.1) is 11.7 Å². The van der Waals surface area contributed by atoms with Gasteiger partial charge >= 0.3 is 0 Å². The molecule has 1 aliphatic rings. The number of nitrogens with two attached hydrogens (primary N) is 1. The number of hydrogen-bond acceptors (Lipinski definition) is 9. The topological polar surface area (TPSA) is 135 Å². The summed E-state index contributed by atoms with van der Waals surface area (Å²) in [5.41, 5.74) is 7.17. The van der Waals surface area contributed by atoms with Gasteiger partial charge in [0.05, 0.1) is 32.1 Å². The van der Waals surface area contributed by atoms with E-state index in [-0.39, 0.29) is 30.3 Å². The van der Waals surface area contributed by atoms with Crippen LogP contribution in [0.25, 0.3) is 11.3 Å². The maximum Gasteiger partial charge on any atom is 0.260 e. The molecule has 3 aromatic rings. The van der Waals surface area contributed by atoms with Crippen LogP contribution in [0.2, 0.25) is 0 Å². The highest BCUT2D eigenvalue weighted by Crippen LogP contribution is 2.29.